The Kier molecular flexibility index (Phi) is 3.20. The van der Waals surface area contributed by atoms with Gasteiger partial charge in [0, 0.05) is 6.92 Å². The Bertz CT molecular complexity index is 757. The molecule has 3 rings (SSSR count). The van der Waals surface area contributed by atoms with Gasteiger partial charge in [0.25, 0.3) is 0 Å². The van der Waals surface area contributed by atoms with Crippen molar-refractivity contribution in [2.24, 2.45) is 0 Å². The molecule has 2 N–H and O–H groups in total. The number of benzene rings is 2. The van der Waals surface area contributed by atoms with Gasteiger partial charge in [-0.15, -0.1) is 0 Å². The van der Waals surface area contributed by atoms with Crippen molar-refractivity contribution >= 4 is 23.0 Å². The van der Waals surface area contributed by atoms with Gasteiger partial charge in [0.1, 0.15) is 5.69 Å². The first-order valence-electron chi connectivity index (χ1n) is 6.41. The van der Waals surface area contributed by atoms with E-state index in [-0.39, 0.29) is 11.4 Å². The van der Waals surface area contributed by atoms with E-state index in [1.807, 2.05) is 0 Å². The molecule has 0 saturated heterocycles. The van der Waals surface area contributed by atoms with Gasteiger partial charge in [-0.2, -0.15) is 13.2 Å². The molecule has 0 spiro atoms. The molecule has 0 bridgehead atoms. The molecule has 1 aliphatic heterocycles. The predicted octanol–water partition coefficient (Wildman–Crippen LogP) is 4.51. The van der Waals surface area contributed by atoms with Crippen LogP contribution in [-0.4, -0.2) is 5.91 Å². The van der Waals surface area contributed by atoms with E-state index in [0.29, 0.717) is 17.1 Å². The summed E-state index contributed by atoms with van der Waals surface area (Å²) in [5.41, 5.74) is 0.0336. The molecular formula is C15H11F3N2O2. The molecule has 0 aliphatic carbocycles. The number of carbonyl (C=O) groups is 1. The van der Waals surface area contributed by atoms with Gasteiger partial charge in [-0.3, -0.25) is 4.79 Å². The number of carbonyl (C=O) groups excluding carboxylic acids is 1. The average Bonchev–Trinajstić information content (AvgIpc) is 2.43. The van der Waals surface area contributed by atoms with E-state index in [0.717, 1.165) is 12.1 Å². The summed E-state index contributed by atoms with van der Waals surface area (Å²) in [7, 11) is 0. The van der Waals surface area contributed by atoms with Crippen LogP contribution in [0.5, 0.6) is 11.5 Å². The van der Waals surface area contributed by atoms with Crippen LogP contribution < -0.4 is 15.4 Å². The van der Waals surface area contributed by atoms with Crippen LogP contribution in [0.1, 0.15) is 12.5 Å². The van der Waals surface area contributed by atoms with E-state index in [4.69, 9.17) is 4.74 Å². The SMILES string of the molecule is CC(=O)Nc1cc(C(F)(F)F)cc2c1Nc1ccccc1O2. The lowest BCUT2D eigenvalue weighted by atomic mass is 10.1. The highest BCUT2D eigenvalue weighted by molar-refractivity contribution is 5.96. The number of alkyl halides is 3. The first-order chi connectivity index (χ1) is 10.3. The van der Waals surface area contributed by atoms with Gasteiger partial charge in [0.05, 0.1) is 16.9 Å². The Labute approximate surface area is 123 Å². The van der Waals surface area contributed by atoms with Crippen molar-refractivity contribution in [1.82, 2.24) is 0 Å². The van der Waals surface area contributed by atoms with E-state index >= 15 is 0 Å². The molecule has 0 unspecified atom stereocenters. The highest BCUT2D eigenvalue weighted by Gasteiger charge is 2.34. The Morgan fingerprint density at radius 2 is 1.91 bits per heavy atom. The molecule has 4 nitrogen and oxygen atoms in total. The van der Waals surface area contributed by atoms with E-state index in [9.17, 15) is 18.0 Å². The molecule has 1 amide bonds. The second-order valence-electron chi connectivity index (χ2n) is 4.80. The minimum atomic E-state index is -4.54. The molecule has 22 heavy (non-hydrogen) atoms. The molecular weight excluding hydrogens is 297 g/mol. The van der Waals surface area contributed by atoms with Crippen molar-refractivity contribution in [2.45, 2.75) is 13.1 Å². The van der Waals surface area contributed by atoms with Gasteiger partial charge < -0.3 is 15.4 Å². The summed E-state index contributed by atoms with van der Waals surface area (Å²) in [5, 5.41) is 5.38. The quantitative estimate of drug-likeness (QED) is 0.695. The second kappa shape index (κ2) is 4.94. The molecule has 7 heteroatoms. The summed E-state index contributed by atoms with van der Waals surface area (Å²) in [6.07, 6.45) is -4.54. The maximum absolute atomic E-state index is 13.0. The van der Waals surface area contributed by atoms with Crippen LogP contribution in [0.25, 0.3) is 0 Å². The zero-order valence-corrected chi connectivity index (χ0v) is 11.4. The van der Waals surface area contributed by atoms with Crippen LogP contribution in [0.2, 0.25) is 0 Å². The molecule has 0 fully saturated rings. The van der Waals surface area contributed by atoms with Crippen LogP contribution in [0, 0.1) is 0 Å². The fraction of sp³-hybridized carbons (Fsp3) is 0.133. The van der Waals surface area contributed by atoms with Gasteiger partial charge in [0.15, 0.2) is 11.5 Å². The number of nitrogens with one attached hydrogen (secondary N) is 2. The lowest BCUT2D eigenvalue weighted by molar-refractivity contribution is -0.137. The van der Waals surface area contributed by atoms with Gasteiger partial charge in [-0.1, -0.05) is 12.1 Å². The maximum atomic E-state index is 13.0. The number of rotatable bonds is 1. The molecule has 2 aromatic carbocycles. The lowest BCUT2D eigenvalue weighted by Gasteiger charge is -2.25. The van der Waals surface area contributed by atoms with Crippen molar-refractivity contribution in [3.63, 3.8) is 0 Å². The summed E-state index contributed by atoms with van der Waals surface area (Å²) in [6.45, 7) is 1.23. The van der Waals surface area contributed by atoms with Crippen LogP contribution in [0.3, 0.4) is 0 Å². The van der Waals surface area contributed by atoms with E-state index in [1.54, 1.807) is 24.3 Å². The molecule has 0 radical (unpaired) electrons. The number of hydrogen-bond donors (Lipinski definition) is 2. The standard InChI is InChI=1S/C15H11F3N2O2/c1-8(21)19-11-6-9(15(16,17)18)7-13-14(11)20-10-4-2-3-5-12(10)22-13/h2-7,20H,1H3,(H,19,21). The molecule has 0 saturated carbocycles. The number of fused-ring (bicyclic) bond motifs is 2. The summed E-state index contributed by atoms with van der Waals surface area (Å²) in [5.74, 6) is -0.0393. The fourth-order valence-electron chi connectivity index (χ4n) is 2.19. The van der Waals surface area contributed by atoms with Crippen molar-refractivity contribution in [3.05, 3.63) is 42.0 Å². The lowest BCUT2D eigenvalue weighted by Crippen LogP contribution is -2.14. The summed E-state index contributed by atoms with van der Waals surface area (Å²) in [4.78, 5) is 11.2. The van der Waals surface area contributed by atoms with Gasteiger partial charge >= 0.3 is 6.18 Å². The summed E-state index contributed by atoms with van der Waals surface area (Å²) >= 11 is 0. The first-order valence-corrected chi connectivity index (χ1v) is 6.41. The van der Waals surface area contributed by atoms with Gasteiger partial charge in [0.2, 0.25) is 5.91 Å². The monoisotopic (exact) mass is 308 g/mol. The topological polar surface area (TPSA) is 50.4 Å². The maximum Gasteiger partial charge on any atom is 0.416 e. The highest BCUT2D eigenvalue weighted by Crippen LogP contribution is 2.48. The van der Waals surface area contributed by atoms with E-state index in [2.05, 4.69) is 10.6 Å². The molecule has 114 valence electrons. The number of hydrogen-bond acceptors (Lipinski definition) is 3. The number of ether oxygens (including phenoxy) is 1. The van der Waals surface area contributed by atoms with Crippen LogP contribution in [0.15, 0.2) is 36.4 Å². The van der Waals surface area contributed by atoms with Crippen molar-refractivity contribution < 1.29 is 22.7 Å². The molecule has 2 aromatic rings. The number of amides is 1. The van der Waals surface area contributed by atoms with Crippen molar-refractivity contribution in [3.8, 4) is 11.5 Å². The Hall–Kier alpha value is -2.70. The van der Waals surface area contributed by atoms with E-state index < -0.39 is 17.6 Å². The Balaban J connectivity index is 2.13. The third-order valence-corrected chi connectivity index (χ3v) is 3.11. The normalized spacial score (nSPS) is 12.5. The van der Waals surface area contributed by atoms with Crippen LogP contribution in [-0.2, 0) is 11.0 Å². The first kappa shape index (κ1) is 14.2. The Morgan fingerprint density at radius 1 is 1.18 bits per heavy atom. The number of halogens is 3. The minimum Gasteiger partial charge on any atom is -0.453 e. The third-order valence-electron chi connectivity index (χ3n) is 3.11. The van der Waals surface area contributed by atoms with Gasteiger partial charge in [-0.25, -0.2) is 0 Å². The smallest absolute Gasteiger partial charge is 0.416 e. The molecule has 1 aliphatic rings. The van der Waals surface area contributed by atoms with Crippen molar-refractivity contribution in [2.75, 3.05) is 10.6 Å². The number of para-hydroxylation sites is 2. The predicted molar refractivity (Wildman–Crippen MR) is 75.5 cm³/mol. The average molecular weight is 308 g/mol. The van der Waals surface area contributed by atoms with Crippen LogP contribution in [0.4, 0.5) is 30.2 Å². The summed E-state index contributed by atoms with van der Waals surface area (Å²) < 4.78 is 44.5. The zero-order chi connectivity index (χ0) is 15.9. The highest BCUT2D eigenvalue weighted by atomic mass is 19.4. The number of anilines is 3. The Morgan fingerprint density at radius 3 is 2.59 bits per heavy atom. The van der Waals surface area contributed by atoms with Crippen molar-refractivity contribution in [1.29, 1.82) is 0 Å². The fourth-order valence-corrected chi connectivity index (χ4v) is 2.19. The second-order valence-corrected chi connectivity index (χ2v) is 4.80. The molecule has 0 atom stereocenters. The molecule has 1 heterocycles. The van der Waals surface area contributed by atoms with Crippen LogP contribution >= 0.6 is 0 Å². The third kappa shape index (κ3) is 2.57. The van der Waals surface area contributed by atoms with E-state index in [1.165, 1.54) is 6.92 Å². The molecule has 0 aromatic heterocycles. The van der Waals surface area contributed by atoms with Gasteiger partial charge in [-0.05, 0) is 24.3 Å². The zero-order valence-electron chi connectivity index (χ0n) is 11.4. The largest absolute Gasteiger partial charge is 0.453 e. The summed E-state index contributed by atoms with van der Waals surface area (Å²) in [6, 6.07) is 8.64. The minimum absolute atomic E-state index is 0.0114.